The maximum absolute atomic E-state index is 12.9. The Bertz CT molecular complexity index is 917. The maximum atomic E-state index is 12.9. The van der Waals surface area contributed by atoms with E-state index in [1.807, 2.05) is 30.3 Å². The molecule has 1 aromatic heterocycles. The fourth-order valence-electron chi connectivity index (χ4n) is 2.69. The van der Waals surface area contributed by atoms with Gasteiger partial charge in [-0.1, -0.05) is 30.3 Å². The van der Waals surface area contributed by atoms with Crippen LogP contribution in [0.25, 0.3) is 10.9 Å². The standard InChI is InChI=1S/C19H16F3NO3/c1-25-18(24)17-10-14-9-15(19(20,21)22)7-8-16(14)23(17)12-26-11-13-5-3-2-4-6-13/h2-10H,11-12H2,1H3. The molecular weight excluding hydrogens is 347 g/mol. The molecule has 0 saturated carbocycles. The number of rotatable bonds is 5. The van der Waals surface area contributed by atoms with E-state index in [2.05, 4.69) is 0 Å². The van der Waals surface area contributed by atoms with Gasteiger partial charge >= 0.3 is 12.1 Å². The second kappa shape index (κ2) is 7.21. The van der Waals surface area contributed by atoms with Gasteiger partial charge in [-0.15, -0.1) is 0 Å². The molecule has 2 aromatic carbocycles. The van der Waals surface area contributed by atoms with Gasteiger partial charge in [0.15, 0.2) is 0 Å². The van der Waals surface area contributed by atoms with Crippen molar-refractivity contribution in [3.63, 3.8) is 0 Å². The molecule has 26 heavy (non-hydrogen) atoms. The molecule has 0 unspecified atom stereocenters. The van der Waals surface area contributed by atoms with E-state index in [9.17, 15) is 18.0 Å². The zero-order valence-corrected chi connectivity index (χ0v) is 13.9. The van der Waals surface area contributed by atoms with Crippen molar-refractivity contribution in [2.24, 2.45) is 0 Å². The number of hydrogen-bond donors (Lipinski definition) is 0. The van der Waals surface area contributed by atoms with Gasteiger partial charge in [0, 0.05) is 5.39 Å². The largest absolute Gasteiger partial charge is 0.464 e. The zero-order valence-electron chi connectivity index (χ0n) is 13.9. The van der Waals surface area contributed by atoms with Gasteiger partial charge in [0.05, 0.1) is 24.8 Å². The molecule has 7 heteroatoms. The number of halogens is 3. The van der Waals surface area contributed by atoms with Crippen molar-refractivity contribution in [1.29, 1.82) is 0 Å². The van der Waals surface area contributed by atoms with Crippen LogP contribution in [0.5, 0.6) is 0 Å². The minimum atomic E-state index is -4.45. The Balaban J connectivity index is 1.92. The highest BCUT2D eigenvalue weighted by atomic mass is 19.4. The highest BCUT2D eigenvalue weighted by Crippen LogP contribution is 2.32. The molecule has 0 atom stereocenters. The van der Waals surface area contributed by atoms with E-state index < -0.39 is 17.7 Å². The number of esters is 1. The number of methoxy groups -OCH3 is 1. The SMILES string of the molecule is COC(=O)c1cc2cc(C(F)(F)F)ccc2n1COCc1ccccc1. The number of carbonyl (C=O) groups is 1. The zero-order chi connectivity index (χ0) is 18.7. The minimum Gasteiger partial charge on any atom is -0.464 e. The molecule has 0 saturated heterocycles. The Morgan fingerprint density at radius 3 is 2.46 bits per heavy atom. The van der Waals surface area contributed by atoms with Crippen LogP contribution in [0.3, 0.4) is 0 Å². The molecule has 0 aliphatic carbocycles. The Hall–Kier alpha value is -2.80. The highest BCUT2D eigenvalue weighted by Gasteiger charge is 2.31. The quantitative estimate of drug-likeness (QED) is 0.621. The number of aromatic nitrogens is 1. The Morgan fingerprint density at radius 1 is 1.08 bits per heavy atom. The van der Waals surface area contributed by atoms with Crippen LogP contribution in [-0.2, 0) is 29.0 Å². The summed E-state index contributed by atoms with van der Waals surface area (Å²) in [6.07, 6.45) is -4.45. The first kappa shape index (κ1) is 18.0. The lowest BCUT2D eigenvalue weighted by Crippen LogP contribution is -2.12. The van der Waals surface area contributed by atoms with Gasteiger partial charge in [-0.25, -0.2) is 4.79 Å². The minimum absolute atomic E-state index is 0.00813. The predicted octanol–water partition coefficient (Wildman–Crippen LogP) is 4.62. The molecule has 0 spiro atoms. The number of carbonyl (C=O) groups excluding carboxylic acids is 1. The summed E-state index contributed by atoms with van der Waals surface area (Å²) in [5.41, 5.74) is 0.771. The van der Waals surface area contributed by atoms with Crippen LogP contribution in [0.4, 0.5) is 13.2 Å². The van der Waals surface area contributed by atoms with Crippen molar-refractivity contribution in [1.82, 2.24) is 4.57 Å². The van der Waals surface area contributed by atoms with Gasteiger partial charge < -0.3 is 14.0 Å². The summed E-state index contributed by atoms with van der Waals surface area (Å²) in [5, 5.41) is 0.295. The summed E-state index contributed by atoms with van der Waals surface area (Å²) in [6, 6.07) is 14.1. The molecule has 1 heterocycles. The third kappa shape index (κ3) is 3.72. The van der Waals surface area contributed by atoms with Crippen LogP contribution in [0.1, 0.15) is 21.6 Å². The molecule has 0 aliphatic heterocycles. The van der Waals surface area contributed by atoms with E-state index in [4.69, 9.17) is 9.47 Å². The average Bonchev–Trinajstić information content (AvgIpc) is 2.99. The molecule has 0 radical (unpaired) electrons. The average molecular weight is 363 g/mol. The van der Waals surface area contributed by atoms with Crippen molar-refractivity contribution in [2.75, 3.05) is 7.11 Å². The molecule has 3 rings (SSSR count). The first-order valence-electron chi connectivity index (χ1n) is 7.80. The van der Waals surface area contributed by atoms with E-state index in [0.717, 1.165) is 17.7 Å². The van der Waals surface area contributed by atoms with Crippen LogP contribution < -0.4 is 0 Å². The molecule has 0 aliphatic rings. The third-order valence-corrected chi connectivity index (χ3v) is 3.96. The molecule has 0 bridgehead atoms. The van der Waals surface area contributed by atoms with Crippen LogP contribution in [0.15, 0.2) is 54.6 Å². The molecule has 136 valence electrons. The van der Waals surface area contributed by atoms with Crippen LogP contribution in [0, 0.1) is 0 Å². The summed E-state index contributed by atoms with van der Waals surface area (Å²) >= 11 is 0. The fourth-order valence-corrected chi connectivity index (χ4v) is 2.69. The van der Waals surface area contributed by atoms with Gasteiger partial charge in [-0.05, 0) is 29.8 Å². The van der Waals surface area contributed by atoms with E-state index in [1.54, 1.807) is 0 Å². The number of alkyl halides is 3. The van der Waals surface area contributed by atoms with Crippen molar-refractivity contribution < 1.29 is 27.4 Å². The highest BCUT2D eigenvalue weighted by molar-refractivity contribution is 5.95. The number of benzene rings is 2. The molecular formula is C19H16F3NO3. The smallest absolute Gasteiger partial charge is 0.416 e. The van der Waals surface area contributed by atoms with Gasteiger partial charge in [0.25, 0.3) is 0 Å². The number of nitrogens with zero attached hydrogens (tertiary/aromatic N) is 1. The molecule has 0 N–H and O–H groups in total. The van der Waals surface area contributed by atoms with E-state index in [0.29, 0.717) is 17.5 Å². The van der Waals surface area contributed by atoms with Gasteiger partial charge in [-0.2, -0.15) is 13.2 Å². The summed E-state index contributed by atoms with van der Waals surface area (Å²) in [7, 11) is 1.22. The van der Waals surface area contributed by atoms with E-state index in [-0.39, 0.29) is 12.4 Å². The van der Waals surface area contributed by atoms with Gasteiger partial charge in [0.1, 0.15) is 12.4 Å². The lowest BCUT2D eigenvalue weighted by Gasteiger charge is -2.11. The maximum Gasteiger partial charge on any atom is 0.416 e. The lowest BCUT2D eigenvalue weighted by molar-refractivity contribution is -0.137. The first-order valence-corrected chi connectivity index (χ1v) is 7.80. The molecule has 0 fully saturated rings. The van der Waals surface area contributed by atoms with Crippen LogP contribution in [0.2, 0.25) is 0 Å². The van der Waals surface area contributed by atoms with Crippen molar-refractivity contribution >= 4 is 16.9 Å². The van der Waals surface area contributed by atoms with E-state index >= 15 is 0 Å². The Kier molecular flexibility index (Phi) is 4.99. The first-order chi connectivity index (χ1) is 12.4. The third-order valence-electron chi connectivity index (χ3n) is 3.96. The van der Waals surface area contributed by atoms with Crippen LogP contribution in [-0.4, -0.2) is 17.6 Å². The van der Waals surface area contributed by atoms with Crippen molar-refractivity contribution in [3.8, 4) is 0 Å². The fraction of sp³-hybridized carbons (Fsp3) is 0.211. The monoisotopic (exact) mass is 363 g/mol. The summed E-state index contributed by atoms with van der Waals surface area (Å²) < 4.78 is 50.6. The number of fused-ring (bicyclic) bond motifs is 1. The second-order valence-electron chi connectivity index (χ2n) is 5.68. The number of ether oxygens (including phenoxy) is 2. The van der Waals surface area contributed by atoms with Crippen molar-refractivity contribution in [2.45, 2.75) is 19.5 Å². The topological polar surface area (TPSA) is 40.5 Å². The Morgan fingerprint density at radius 2 is 1.81 bits per heavy atom. The summed E-state index contributed by atoms with van der Waals surface area (Å²) in [6.45, 7) is 0.315. The lowest BCUT2D eigenvalue weighted by atomic mass is 10.1. The van der Waals surface area contributed by atoms with Gasteiger partial charge in [0.2, 0.25) is 0 Å². The summed E-state index contributed by atoms with van der Waals surface area (Å²) in [4.78, 5) is 12.0. The normalized spacial score (nSPS) is 11.7. The summed E-state index contributed by atoms with van der Waals surface area (Å²) in [5.74, 6) is -0.641. The second-order valence-corrected chi connectivity index (χ2v) is 5.68. The molecule has 3 aromatic rings. The predicted molar refractivity (Wildman–Crippen MR) is 89.5 cm³/mol. The molecule has 4 nitrogen and oxygen atoms in total. The molecule has 0 amide bonds. The Labute approximate surface area is 147 Å². The van der Waals surface area contributed by atoms with E-state index in [1.165, 1.54) is 23.8 Å². The van der Waals surface area contributed by atoms with Gasteiger partial charge in [-0.3, -0.25) is 0 Å². The van der Waals surface area contributed by atoms with Crippen molar-refractivity contribution in [3.05, 3.63) is 71.4 Å². The van der Waals surface area contributed by atoms with Crippen LogP contribution >= 0.6 is 0 Å². The number of hydrogen-bond acceptors (Lipinski definition) is 3.